The summed E-state index contributed by atoms with van der Waals surface area (Å²) in [4.78, 5) is 16.4. The van der Waals surface area contributed by atoms with Gasteiger partial charge in [0.25, 0.3) is 0 Å². The lowest BCUT2D eigenvalue weighted by Gasteiger charge is -2.32. The second-order valence-electron chi connectivity index (χ2n) is 8.66. The highest BCUT2D eigenvalue weighted by Crippen LogP contribution is 2.46. The number of halogens is 6. The molecule has 212 valence electrons. The molecule has 12 heteroatoms. The Balaban J connectivity index is 1.88. The SMILES string of the molecule is CCOCC(F)(F)C(F)(F)C(F)(F)COc1ccc(OC(=O)c2ccc(OCCCC(C)CC)nc2)cc1. The van der Waals surface area contributed by atoms with E-state index in [2.05, 4.69) is 28.3 Å². The topological polar surface area (TPSA) is 66.9 Å². The maximum absolute atomic E-state index is 13.9. The van der Waals surface area contributed by atoms with Crippen molar-refractivity contribution in [3.8, 4) is 17.4 Å². The van der Waals surface area contributed by atoms with Gasteiger partial charge in [0.05, 0.1) is 12.2 Å². The molecular formula is C26H31F6NO5. The van der Waals surface area contributed by atoms with Crippen LogP contribution in [0.25, 0.3) is 0 Å². The number of rotatable bonds is 16. The summed E-state index contributed by atoms with van der Waals surface area (Å²) in [6.07, 6.45) is 4.27. The van der Waals surface area contributed by atoms with Crippen LogP contribution in [0.2, 0.25) is 0 Å². The average molecular weight is 552 g/mol. The Bertz CT molecular complexity index is 1000. The molecule has 1 unspecified atom stereocenters. The Labute approximate surface area is 217 Å². The zero-order chi connectivity index (χ0) is 28.4. The molecule has 0 aliphatic heterocycles. The van der Waals surface area contributed by atoms with Crippen molar-refractivity contribution in [1.82, 2.24) is 4.98 Å². The number of alkyl halides is 6. The summed E-state index contributed by atoms with van der Waals surface area (Å²) in [6.45, 7) is 1.81. The first-order valence-electron chi connectivity index (χ1n) is 12.1. The second-order valence-corrected chi connectivity index (χ2v) is 8.66. The Morgan fingerprint density at radius 3 is 2.11 bits per heavy atom. The van der Waals surface area contributed by atoms with Crippen molar-refractivity contribution in [2.45, 2.75) is 57.8 Å². The molecule has 38 heavy (non-hydrogen) atoms. The summed E-state index contributed by atoms with van der Waals surface area (Å²) in [6, 6.07) is 7.42. The van der Waals surface area contributed by atoms with Crippen LogP contribution in [0.1, 0.15) is 50.4 Å². The number of nitrogens with zero attached hydrogens (tertiary/aromatic N) is 1. The molecule has 6 nitrogen and oxygen atoms in total. The van der Waals surface area contributed by atoms with Crippen molar-refractivity contribution in [3.05, 3.63) is 48.2 Å². The molecule has 0 amide bonds. The van der Waals surface area contributed by atoms with E-state index >= 15 is 0 Å². The molecule has 0 saturated carbocycles. The highest BCUT2D eigenvalue weighted by molar-refractivity contribution is 5.90. The van der Waals surface area contributed by atoms with E-state index in [-0.39, 0.29) is 23.7 Å². The van der Waals surface area contributed by atoms with Crippen molar-refractivity contribution in [2.75, 3.05) is 26.4 Å². The Kier molecular flexibility index (Phi) is 11.2. The van der Waals surface area contributed by atoms with Gasteiger partial charge in [-0.1, -0.05) is 20.3 Å². The molecule has 0 fully saturated rings. The molecular weight excluding hydrogens is 520 g/mol. The minimum Gasteiger partial charge on any atom is -0.487 e. The van der Waals surface area contributed by atoms with Crippen LogP contribution in [0.3, 0.4) is 0 Å². The first-order valence-corrected chi connectivity index (χ1v) is 12.1. The molecule has 0 saturated heterocycles. The first kappa shape index (κ1) is 31.2. The fourth-order valence-corrected chi connectivity index (χ4v) is 3.02. The predicted molar refractivity (Wildman–Crippen MR) is 127 cm³/mol. The van der Waals surface area contributed by atoms with E-state index in [0.717, 1.165) is 43.5 Å². The molecule has 1 aromatic heterocycles. The summed E-state index contributed by atoms with van der Waals surface area (Å²) < 4.78 is 102. The monoisotopic (exact) mass is 551 g/mol. The molecule has 1 aromatic carbocycles. The van der Waals surface area contributed by atoms with Crippen LogP contribution in [0, 0.1) is 5.92 Å². The van der Waals surface area contributed by atoms with Crippen LogP contribution < -0.4 is 14.2 Å². The van der Waals surface area contributed by atoms with Gasteiger partial charge in [-0.3, -0.25) is 0 Å². The quantitative estimate of drug-likeness (QED) is 0.0987. The van der Waals surface area contributed by atoms with Crippen LogP contribution in [-0.4, -0.2) is 55.1 Å². The molecule has 0 aliphatic carbocycles. The minimum absolute atomic E-state index is 0.00643. The molecule has 2 aromatic rings. The van der Waals surface area contributed by atoms with E-state index in [1.165, 1.54) is 25.3 Å². The Morgan fingerprint density at radius 1 is 0.895 bits per heavy atom. The fraction of sp³-hybridized carbons (Fsp3) is 0.538. The highest BCUT2D eigenvalue weighted by Gasteiger charge is 2.71. The van der Waals surface area contributed by atoms with Gasteiger partial charge in [0.2, 0.25) is 5.88 Å². The van der Waals surface area contributed by atoms with Crippen LogP contribution >= 0.6 is 0 Å². The van der Waals surface area contributed by atoms with Crippen LogP contribution in [-0.2, 0) is 4.74 Å². The number of hydrogen-bond donors (Lipinski definition) is 0. The highest BCUT2D eigenvalue weighted by atomic mass is 19.3. The van der Waals surface area contributed by atoms with Crippen LogP contribution in [0.5, 0.6) is 17.4 Å². The van der Waals surface area contributed by atoms with Gasteiger partial charge in [-0.25, -0.2) is 9.78 Å². The van der Waals surface area contributed by atoms with Gasteiger partial charge in [0.15, 0.2) is 6.61 Å². The maximum Gasteiger partial charge on any atom is 0.377 e. The fourth-order valence-electron chi connectivity index (χ4n) is 3.02. The summed E-state index contributed by atoms with van der Waals surface area (Å²) in [7, 11) is 0. The van der Waals surface area contributed by atoms with Crippen LogP contribution in [0.15, 0.2) is 42.6 Å². The van der Waals surface area contributed by atoms with Gasteiger partial charge in [-0.05, 0) is 56.0 Å². The summed E-state index contributed by atoms with van der Waals surface area (Å²) in [5.74, 6) is -16.2. The minimum atomic E-state index is -5.72. The van der Waals surface area contributed by atoms with E-state index in [0.29, 0.717) is 18.4 Å². The van der Waals surface area contributed by atoms with E-state index < -0.39 is 37.0 Å². The zero-order valence-electron chi connectivity index (χ0n) is 21.3. The van der Waals surface area contributed by atoms with Gasteiger partial charge < -0.3 is 18.9 Å². The average Bonchev–Trinajstić information content (AvgIpc) is 2.89. The maximum atomic E-state index is 13.9. The summed E-state index contributed by atoms with van der Waals surface area (Å²) in [5, 5.41) is 0. The number of benzene rings is 1. The zero-order valence-corrected chi connectivity index (χ0v) is 21.3. The third-order valence-electron chi connectivity index (χ3n) is 5.62. The molecule has 0 aliphatic rings. The molecule has 0 N–H and O–H groups in total. The third-order valence-corrected chi connectivity index (χ3v) is 5.62. The summed E-state index contributed by atoms with van der Waals surface area (Å²) in [5.41, 5.74) is 0.118. The number of esters is 1. The smallest absolute Gasteiger partial charge is 0.377 e. The van der Waals surface area contributed by atoms with Gasteiger partial charge in [0, 0.05) is 18.9 Å². The number of ether oxygens (including phenoxy) is 4. The summed E-state index contributed by atoms with van der Waals surface area (Å²) >= 11 is 0. The van der Waals surface area contributed by atoms with Crippen molar-refractivity contribution >= 4 is 5.97 Å². The van der Waals surface area contributed by atoms with Gasteiger partial charge in [-0.2, -0.15) is 26.3 Å². The molecule has 0 bridgehead atoms. The number of carbonyl (C=O) groups excluding carboxylic acids is 1. The van der Waals surface area contributed by atoms with E-state index in [9.17, 15) is 31.1 Å². The Morgan fingerprint density at radius 2 is 1.53 bits per heavy atom. The molecule has 2 rings (SSSR count). The van der Waals surface area contributed by atoms with Crippen molar-refractivity contribution in [1.29, 1.82) is 0 Å². The second kappa shape index (κ2) is 13.7. The van der Waals surface area contributed by atoms with E-state index in [1.54, 1.807) is 0 Å². The first-order chi connectivity index (χ1) is 17.8. The van der Waals surface area contributed by atoms with Gasteiger partial charge >= 0.3 is 23.7 Å². The third kappa shape index (κ3) is 8.50. The van der Waals surface area contributed by atoms with Crippen LogP contribution in [0.4, 0.5) is 26.3 Å². The molecule has 0 radical (unpaired) electrons. The predicted octanol–water partition coefficient (Wildman–Crippen LogP) is 6.83. The van der Waals surface area contributed by atoms with Gasteiger partial charge in [0.1, 0.15) is 18.1 Å². The largest absolute Gasteiger partial charge is 0.487 e. The van der Waals surface area contributed by atoms with E-state index in [4.69, 9.17) is 9.47 Å². The van der Waals surface area contributed by atoms with Crippen molar-refractivity contribution in [3.63, 3.8) is 0 Å². The lowest BCUT2D eigenvalue weighted by Crippen LogP contribution is -2.58. The lowest BCUT2D eigenvalue weighted by atomic mass is 10.0. The number of hydrogen-bond acceptors (Lipinski definition) is 6. The van der Waals surface area contributed by atoms with E-state index in [1.807, 2.05) is 0 Å². The van der Waals surface area contributed by atoms with Gasteiger partial charge in [-0.15, -0.1) is 0 Å². The lowest BCUT2D eigenvalue weighted by molar-refractivity contribution is -0.324. The number of aromatic nitrogens is 1. The molecule has 1 atom stereocenters. The number of carbonyl (C=O) groups is 1. The molecule has 0 spiro atoms. The Hall–Kier alpha value is -3.02. The van der Waals surface area contributed by atoms with Crippen molar-refractivity contribution < 1.29 is 50.1 Å². The number of pyridine rings is 1. The molecule has 1 heterocycles. The standard InChI is InChI=1S/C26H31F6NO5/c1-4-18(3)7-6-14-36-22-13-8-19(15-33-22)23(34)38-21-11-9-20(10-12-21)37-17-25(29,30)26(31,32)24(27,28)16-35-5-2/h8-13,15,18H,4-7,14,16-17H2,1-3H3. The van der Waals surface area contributed by atoms with Crippen molar-refractivity contribution in [2.24, 2.45) is 5.92 Å². The normalized spacial score (nSPS) is 13.2.